The zero-order valence-corrected chi connectivity index (χ0v) is 16.5. The van der Waals surface area contributed by atoms with E-state index in [2.05, 4.69) is 9.98 Å². The van der Waals surface area contributed by atoms with Crippen LogP contribution in [0.15, 0.2) is 47.5 Å². The van der Waals surface area contributed by atoms with Gasteiger partial charge in [0.1, 0.15) is 29.5 Å². The second-order valence-corrected chi connectivity index (χ2v) is 8.24. The van der Waals surface area contributed by atoms with E-state index in [-0.39, 0.29) is 19.7 Å². The van der Waals surface area contributed by atoms with Crippen LogP contribution in [0.1, 0.15) is 36.7 Å². The molecule has 1 fully saturated rings. The maximum atomic E-state index is 13.9. The highest BCUT2D eigenvalue weighted by Crippen LogP contribution is 2.36. The number of aliphatic imine (C=N–C) groups is 1. The summed E-state index contributed by atoms with van der Waals surface area (Å²) < 4.78 is 27.8. The largest absolute Gasteiger partial charge is 0.382 e. The van der Waals surface area contributed by atoms with E-state index < -0.39 is 11.6 Å². The minimum atomic E-state index is -0.539. The molecule has 1 aliphatic carbocycles. The Labute approximate surface area is 168 Å². The van der Waals surface area contributed by atoms with Crippen molar-refractivity contribution in [2.75, 3.05) is 0 Å². The summed E-state index contributed by atoms with van der Waals surface area (Å²) in [5, 5.41) is 8.07. The molecule has 0 spiro atoms. The number of aromatic nitrogens is 2. The van der Waals surface area contributed by atoms with Crippen LogP contribution in [0.5, 0.6) is 0 Å². The first-order chi connectivity index (χ1) is 14.1. The fraction of sp³-hybridized carbons (Fsp3) is 0.190. The lowest BCUT2D eigenvalue weighted by Crippen LogP contribution is -2.16. The minimum Gasteiger partial charge on any atom is -0.382 e. The van der Waals surface area contributed by atoms with Gasteiger partial charge in [-0.2, -0.15) is 0 Å². The van der Waals surface area contributed by atoms with Gasteiger partial charge in [0.2, 0.25) is 0 Å². The van der Waals surface area contributed by atoms with E-state index in [1.54, 1.807) is 0 Å². The molecule has 1 aromatic heterocycles. The van der Waals surface area contributed by atoms with Crippen LogP contribution in [0.3, 0.4) is 0 Å². The van der Waals surface area contributed by atoms with E-state index in [0.29, 0.717) is 17.3 Å². The second-order valence-electron chi connectivity index (χ2n) is 6.92. The van der Waals surface area contributed by atoms with Crippen LogP contribution in [0.4, 0.5) is 8.78 Å². The lowest BCUT2D eigenvalue weighted by atomic mass is 9.85. The van der Waals surface area contributed by atoms with Crippen molar-refractivity contribution in [2.24, 2.45) is 10.7 Å². The molecule has 1 atom stereocenters. The molecular formula is C21H20F2N5P. The van der Waals surface area contributed by atoms with Crippen LogP contribution in [-0.2, 0) is 0 Å². The average molecular weight is 411 g/mol. The Bertz CT molecular complexity index is 1050. The normalized spacial score (nSPS) is 15.0. The Morgan fingerprint density at radius 2 is 1.86 bits per heavy atom. The minimum absolute atomic E-state index is 0.0790. The maximum absolute atomic E-state index is 13.9. The molecule has 3 aromatic rings. The summed E-state index contributed by atoms with van der Waals surface area (Å²) in [6, 6.07) is 11.3. The topological polar surface area (TPSA) is 90.9 Å². The molecule has 4 rings (SSSR count). The number of benzene rings is 2. The highest BCUT2D eigenvalue weighted by molar-refractivity contribution is 7.55. The number of nitrogens with two attached hydrogens (primary N) is 1. The van der Waals surface area contributed by atoms with E-state index in [1.165, 1.54) is 24.6 Å². The quantitative estimate of drug-likeness (QED) is 0.329. The Hall–Kier alpha value is -2.92. The van der Waals surface area contributed by atoms with E-state index >= 15 is 0 Å². The molecule has 8 heteroatoms. The smallest absolute Gasteiger partial charge is 0.151 e. The average Bonchev–Trinajstić information content (AvgIpc) is 3.09. The molecule has 0 amide bonds. The molecule has 2 aromatic carbocycles. The summed E-state index contributed by atoms with van der Waals surface area (Å²) in [4.78, 5) is 11.9. The number of hydrogen-bond donors (Lipinski definition) is 3. The zero-order chi connectivity index (χ0) is 20.4. The van der Waals surface area contributed by atoms with Crippen LogP contribution < -0.4 is 16.3 Å². The van der Waals surface area contributed by atoms with Crippen molar-refractivity contribution in [2.45, 2.75) is 25.2 Å². The summed E-state index contributed by atoms with van der Waals surface area (Å²) in [6.07, 6.45) is 4.25. The third-order valence-corrected chi connectivity index (χ3v) is 6.41. The van der Waals surface area contributed by atoms with E-state index in [1.807, 2.05) is 24.3 Å². The number of rotatable bonds is 6. The summed E-state index contributed by atoms with van der Waals surface area (Å²) >= 11 is 0. The molecule has 0 aliphatic heterocycles. The fourth-order valence-electron chi connectivity index (χ4n) is 3.27. The van der Waals surface area contributed by atoms with Crippen LogP contribution in [-0.4, -0.2) is 22.1 Å². The zero-order valence-electron chi connectivity index (χ0n) is 15.5. The van der Waals surface area contributed by atoms with E-state index in [4.69, 9.17) is 16.1 Å². The van der Waals surface area contributed by atoms with Crippen LogP contribution >= 0.6 is 8.58 Å². The van der Waals surface area contributed by atoms with Crippen molar-refractivity contribution in [3.8, 4) is 11.3 Å². The van der Waals surface area contributed by atoms with Gasteiger partial charge in [-0.25, -0.2) is 18.8 Å². The van der Waals surface area contributed by atoms with Crippen molar-refractivity contribution < 1.29 is 8.78 Å². The number of imidazole rings is 1. The molecule has 148 valence electrons. The van der Waals surface area contributed by atoms with Gasteiger partial charge < -0.3 is 10.7 Å². The van der Waals surface area contributed by atoms with Gasteiger partial charge in [0.25, 0.3) is 0 Å². The SMILES string of the molecule is N=CN=C(N)c1[nH]c(C2CCC2)nc1-c1ccc(Pc2c(F)cccc2F)cc1. The molecule has 5 nitrogen and oxygen atoms in total. The predicted octanol–water partition coefficient (Wildman–Crippen LogP) is 3.56. The van der Waals surface area contributed by atoms with Gasteiger partial charge >= 0.3 is 0 Å². The van der Waals surface area contributed by atoms with Crippen molar-refractivity contribution in [3.05, 3.63) is 65.6 Å². The number of amidine groups is 1. The number of nitrogens with zero attached hydrogens (tertiary/aromatic N) is 2. The number of H-pyrrole nitrogens is 1. The van der Waals surface area contributed by atoms with E-state index in [0.717, 1.165) is 35.9 Å². The number of hydrogen-bond acceptors (Lipinski definition) is 2. The predicted molar refractivity (Wildman–Crippen MR) is 114 cm³/mol. The molecule has 4 N–H and O–H groups in total. The highest BCUT2D eigenvalue weighted by Gasteiger charge is 2.25. The number of halogens is 2. The molecule has 1 aliphatic rings. The van der Waals surface area contributed by atoms with Gasteiger partial charge in [-0.05, 0) is 30.3 Å². The third kappa shape index (κ3) is 3.96. The summed E-state index contributed by atoms with van der Waals surface area (Å²) in [7, 11) is -0.125. The van der Waals surface area contributed by atoms with Crippen molar-refractivity contribution in [3.63, 3.8) is 0 Å². The fourth-order valence-corrected chi connectivity index (χ4v) is 4.30. The molecule has 1 unspecified atom stereocenters. The molecular weight excluding hydrogens is 391 g/mol. The van der Waals surface area contributed by atoms with Crippen LogP contribution in [0.2, 0.25) is 0 Å². The Kier molecular flexibility index (Phi) is 5.49. The highest BCUT2D eigenvalue weighted by atomic mass is 31.1. The molecule has 29 heavy (non-hydrogen) atoms. The first-order valence-corrected chi connectivity index (χ1v) is 10.3. The second kappa shape index (κ2) is 8.21. The third-order valence-electron chi connectivity index (χ3n) is 5.06. The summed E-state index contributed by atoms with van der Waals surface area (Å²) in [5.41, 5.74) is 8.11. The van der Waals surface area contributed by atoms with Gasteiger partial charge in [0.05, 0.1) is 5.69 Å². The van der Waals surface area contributed by atoms with Crippen molar-refractivity contribution in [1.82, 2.24) is 9.97 Å². The Balaban J connectivity index is 1.65. The first-order valence-electron chi connectivity index (χ1n) is 9.30. The van der Waals surface area contributed by atoms with Gasteiger partial charge in [0.15, 0.2) is 5.84 Å². The van der Waals surface area contributed by atoms with Crippen LogP contribution in [0, 0.1) is 17.0 Å². The Morgan fingerprint density at radius 1 is 1.17 bits per heavy atom. The molecule has 1 saturated carbocycles. The molecule has 1 heterocycles. The lowest BCUT2D eigenvalue weighted by Gasteiger charge is -2.22. The lowest BCUT2D eigenvalue weighted by molar-refractivity contribution is 0.404. The standard InChI is InChI=1S/C21H20F2N5P/c22-15-5-2-6-16(23)19(15)29-14-9-7-12(8-10-14)17-18(20(25)26-11-24)28-21(27-17)13-3-1-4-13/h2,5-11,13,29H,1,3-4H2,(H,27,28)(H3,24,25,26). The first kappa shape index (κ1) is 19.4. The molecule has 0 saturated heterocycles. The molecule has 0 bridgehead atoms. The Morgan fingerprint density at radius 3 is 2.45 bits per heavy atom. The van der Waals surface area contributed by atoms with Gasteiger partial charge in [-0.1, -0.05) is 45.3 Å². The van der Waals surface area contributed by atoms with Gasteiger partial charge in [-0.3, -0.25) is 5.41 Å². The number of nitrogens with one attached hydrogen (secondary N) is 2. The van der Waals surface area contributed by atoms with Crippen LogP contribution in [0.25, 0.3) is 11.3 Å². The monoisotopic (exact) mass is 411 g/mol. The number of aromatic amines is 1. The van der Waals surface area contributed by atoms with E-state index in [9.17, 15) is 8.78 Å². The van der Waals surface area contributed by atoms with Gasteiger partial charge in [0, 0.05) is 16.8 Å². The van der Waals surface area contributed by atoms with Crippen molar-refractivity contribution >= 4 is 31.4 Å². The van der Waals surface area contributed by atoms with Crippen molar-refractivity contribution in [1.29, 1.82) is 5.41 Å². The summed E-state index contributed by atoms with van der Waals surface area (Å²) in [6.45, 7) is 0. The van der Waals surface area contributed by atoms with Gasteiger partial charge in [-0.15, -0.1) is 0 Å². The maximum Gasteiger partial charge on any atom is 0.151 e. The molecule has 0 radical (unpaired) electrons. The summed E-state index contributed by atoms with van der Waals surface area (Å²) in [5.74, 6) is 0.391.